The molecule has 0 saturated heterocycles. The van der Waals surface area contributed by atoms with Crippen LogP contribution in [0.4, 0.5) is 22.0 Å². The molecule has 0 spiro atoms. The summed E-state index contributed by atoms with van der Waals surface area (Å²) in [7, 11) is 0. The standard InChI is InChI=1S/C22H12F5N/c23-17-18(24)20(26)22(21(27)19(17)25)28-15(13-7-3-1-4-8-13)11-12-16(28)14-9-5-2-6-10-14/h1-12H. The van der Waals surface area contributed by atoms with Crippen molar-refractivity contribution in [1.29, 1.82) is 0 Å². The van der Waals surface area contributed by atoms with Crippen LogP contribution < -0.4 is 0 Å². The fraction of sp³-hybridized carbons (Fsp3) is 0. The first-order valence-electron chi connectivity index (χ1n) is 8.35. The lowest BCUT2D eigenvalue weighted by Crippen LogP contribution is -2.11. The molecule has 140 valence electrons. The third-order valence-corrected chi connectivity index (χ3v) is 4.43. The second kappa shape index (κ2) is 6.96. The van der Waals surface area contributed by atoms with Crippen molar-refractivity contribution in [3.8, 4) is 28.2 Å². The minimum atomic E-state index is -2.19. The van der Waals surface area contributed by atoms with Crippen LogP contribution in [0.15, 0.2) is 72.8 Å². The number of nitrogens with zero attached hydrogens (tertiary/aromatic N) is 1. The first-order chi connectivity index (χ1) is 13.5. The number of halogens is 5. The van der Waals surface area contributed by atoms with Gasteiger partial charge in [0.1, 0.15) is 5.69 Å². The van der Waals surface area contributed by atoms with Crippen LogP contribution in [0.25, 0.3) is 28.2 Å². The highest BCUT2D eigenvalue weighted by Gasteiger charge is 2.29. The molecule has 1 heterocycles. The van der Waals surface area contributed by atoms with Crippen LogP contribution in [-0.4, -0.2) is 4.57 Å². The predicted molar refractivity (Wildman–Crippen MR) is 96.4 cm³/mol. The summed E-state index contributed by atoms with van der Waals surface area (Å²) in [4.78, 5) is 0. The lowest BCUT2D eigenvalue weighted by molar-refractivity contribution is 0.376. The zero-order valence-corrected chi connectivity index (χ0v) is 14.3. The second-order valence-electron chi connectivity index (χ2n) is 6.09. The number of aromatic nitrogens is 1. The quantitative estimate of drug-likeness (QED) is 0.215. The normalized spacial score (nSPS) is 11.0. The third kappa shape index (κ3) is 2.78. The van der Waals surface area contributed by atoms with Gasteiger partial charge in [-0.2, -0.15) is 0 Å². The van der Waals surface area contributed by atoms with E-state index in [2.05, 4.69) is 0 Å². The number of benzene rings is 3. The zero-order chi connectivity index (χ0) is 19.8. The molecular formula is C22H12F5N. The summed E-state index contributed by atoms with van der Waals surface area (Å²) < 4.78 is 71.6. The number of hydrogen-bond acceptors (Lipinski definition) is 0. The van der Waals surface area contributed by atoms with Crippen LogP contribution in [0, 0.1) is 29.1 Å². The van der Waals surface area contributed by atoms with Gasteiger partial charge in [0.25, 0.3) is 0 Å². The lowest BCUT2D eigenvalue weighted by Gasteiger charge is -2.17. The van der Waals surface area contributed by atoms with Crippen molar-refractivity contribution in [2.75, 3.05) is 0 Å². The lowest BCUT2D eigenvalue weighted by atomic mass is 10.1. The average molecular weight is 385 g/mol. The molecule has 4 rings (SSSR count). The van der Waals surface area contributed by atoms with Crippen LogP contribution in [0.3, 0.4) is 0 Å². The van der Waals surface area contributed by atoms with Gasteiger partial charge in [0, 0.05) is 0 Å². The van der Waals surface area contributed by atoms with Crippen LogP contribution >= 0.6 is 0 Å². The molecule has 1 aromatic heterocycles. The summed E-state index contributed by atoms with van der Waals surface area (Å²) in [5, 5.41) is 0. The Bertz CT molecular complexity index is 1060. The number of rotatable bonds is 3. The average Bonchev–Trinajstić information content (AvgIpc) is 3.17. The maximum atomic E-state index is 14.6. The second-order valence-corrected chi connectivity index (χ2v) is 6.09. The molecule has 4 aromatic rings. The molecule has 3 aromatic carbocycles. The van der Waals surface area contributed by atoms with E-state index in [1.54, 1.807) is 72.8 Å². The summed E-state index contributed by atoms with van der Waals surface area (Å²) in [6.45, 7) is 0. The molecule has 0 aliphatic heterocycles. The van der Waals surface area contributed by atoms with Gasteiger partial charge in [-0.25, -0.2) is 22.0 Å². The fourth-order valence-electron chi connectivity index (χ4n) is 3.14. The van der Waals surface area contributed by atoms with Crippen molar-refractivity contribution >= 4 is 0 Å². The highest BCUT2D eigenvalue weighted by atomic mass is 19.2. The minimum Gasteiger partial charge on any atom is -0.304 e. The molecule has 0 amide bonds. The molecule has 28 heavy (non-hydrogen) atoms. The van der Waals surface area contributed by atoms with Crippen molar-refractivity contribution in [2.24, 2.45) is 0 Å². The topological polar surface area (TPSA) is 4.93 Å². The van der Waals surface area contributed by atoms with E-state index in [-0.39, 0.29) is 0 Å². The number of hydrogen-bond donors (Lipinski definition) is 0. The molecule has 0 unspecified atom stereocenters. The van der Waals surface area contributed by atoms with E-state index < -0.39 is 34.8 Å². The monoisotopic (exact) mass is 385 g/mol. The Morgan fingerprint density at radius 2 is 0.786 bits per heavy atom. The highest BCUT2D eigenvalue weighted by Crippen LogP contribution is 2.36. The first-order valence-corrected chi connectivity index (χ1v) is 8.35. The van der Waals surface area contributed by atoms with Crippen LogP contribution in [0.1, 0.15) is 0 Å². The summed E-state index contributed by atoms with van der Waals surface area (Å²) >= 11 is 0. The molecule has 6 heteroatoms. The van der Waals surface area contributed by atoms with Crippen molar-refractivity contribution in [2.45, 2.75) is 0 Å². The van der Waals surface area contributed by atoms with Crippen molar-refractivity contribution in [3.05, 3.63) is 102 Å². The van der Waals surface area contributed by atoms with Crippen molar-refractivity contribution in [3.63, 3.8) is 0 Å². The fourth-order valence-corrected chi connectivity index (χ4v) is 3.14. The SMILES string of the molecule is Fc1c(F)c(F)c(-n2c(-c3ccccc3)ccc2-c2ccccc2)c(F)c1F. The van der Waals surface area contributed by atoms with Crippen LogP contribution in [0.5, 0.6) is 0 Å². The molecular weight excluding hydrogens is 373 g/mol. The Hall–Kier alpha value is -3.41. The van der Waals surface area contributed by atoms with Gasteiger partial charge < -0.3 is 4.57 Å². The third-order valence-electron chi connectivity index (χ3n) is 4.43. The van der Waals surface area contributed by atoms with Gasteiger partial charge in [0.15, 0.2) is 23.3 Å². The molecule has 0 bridgehead atoms. The molecule has 0 saturated carbocycles. The van der Waals surface area contributed by atoms with E-state index in [4.69, 9.17) is 0 Å². The van der Waals surface area contributed by atoms with E-state index >= 15 is 0 Å². The van der Waals surface area contributed by atoms with Gasteiger partial charge in [-0.1, -0.05) is 60.7 Å². The van der Waals surface area contributed by atoms with Crippen LogP contribution in [0.2, 0.25) is 0 Å². The van der Waals surface area contributed by atoms with E-state index in [9.17, 15) is 22.0 Å². The first kappa shape index (κ1) is 18.0. The van der Waals surface area contributed by atoms with Crippen molar-refractivity contribution in [1.82, 2.24) is 4.57 Å². The Morgan fingerprint density at radius 1 is 0.429 bits per heavy atom. The van der Waals surface area contributed by atoms with Gasteiger partial charge in [0.2, 0.25) is 5.82 Å². The van der Waals surface area contributed by atoms with E-state index in [1.807, 2.05) is 0 Å². The van der Waals surface area contributed by atoms with E-state index in [0.717, 1.165) is 4.57 Å². The zero-order valence-electron chi connectivity index (χ0n) is 14.3. The van der Waals surface area contributed by atoms with Gasteiger partial charge in [0.05, 0.1) is 11.4 Å². The molecule has 0 N–H and O–H groups in total. The molecule has 0 radical (unpaired) electrons. The molecule has 0 fully saturated rings. The van der Waals surface area contributed by atoms with Gasteiger partial charge >= 0.3 is 0 Å². The highest BCUT2D eigenvalue weighted by molar-refractivity contribution is 5.73. The minimum absolute atomic E-state index is 0.294. The Balaban J connectivity index is 2.11. The van der Waals surface area contributed by atoms with Crippen LogP contribution in [-0.2, 0) is 0 Å². The molecule has 0 aliphatic rings. The summed E-state index contributed by atoms with van der Waals surface area (Å²) in [6.07, 6.45) is 0. The van der Waals surface area contributed by atoms with Crippen molar-refractivity contribution < 1.29 is 22.0 Å². The Morgan fingerprint density at radius 3 is 1.18 bits per heavy atom. The van der Waals surface area contributed by atoms with Gasteiger partial charge in [-0.3, -0.25) is 0 Å². The van der Waals surface area contributed by atoms with Gasteiger partial charge in [-0.05, 0) is 23.3 Å². The van der Waals surface area contributed by atoms with E-state index in [0.29, 0.717) is 22.5 Å². The largest absolute Gasteiger partial charge is 0.304 e. The molecule has 0 atom stereocenters. The van der Waals surface area contributed by atoms with Gasteiger partial charge in [-0.15, -0.1) is 0 Å². The van der Waals surface area contributed by atoms with E-state index in [1.165, 1.54) is 0 Å². The summed E-state index contributed by atoms with van der Waals surface area (Å²) in [5.74, 6) is -9.93. The Labute approximate surface area is 157 Å². The maximum Gasteiger partial charge on any atom is 0.200 e. The Kier molecular flexibility index (Phi) is 4.47. The molecule has 0 aliphatic carbocycles. The summed E-state index contributed by atoms with van der Waals surface area (Å²) in [6, 6.07) is 20.3. The maximum absolute atomic E-state index is 14.6. The molecule has 1 nitrogen and oxygen atoms in total. The smallest absolute Gasteiger partial charge is 0.200 e. The summed E-state index contributed by atoms with van der Waals surface area (Å²) in [5.41, 5.74) is 0.701. The predicted octanol–water partition coefficient (Wildman–Crippen LogP) is 6.51.